The average Bonchev–Trinajstić information content (AvgIpc) is 3.01. The fourth-order valence-electron chi connectivity index (χ4n) is 2.44. The van der Waals surface area contributed by atoms with Gasteiger partial charge in [0.15, 0.2) is 0 Å². The standard InChI is InChI=1S/C14H26N6O/c1-4-14(2,7-10-21)19-12-16-11(15-3)17-13(18-12)20-8-5-6-9-20/h21H,4-10H2,1-3H3,(H2,15,16,17,18,19). The third-order valence-corrected chi connectivity index (χ3v) is 4.09. The van der Waals surface area contributed by atoms with Gasteiger partial charge in [-0.25, -0.2) is 0 Å². The van der Waals surface area contributed by atoms with Crippen molar-refractivity contribution in [2.45, 2.75) is 45.1 Å². The molecule has 7 heteroatoms. The van der Waals surface area contributed by atoms with Crippen molar-refractivity contribution in [1.82, 2.24) is 15.0 Å². The number of hydrogen-bond donors (Lipinski definition) is 3. The van der Waals surface area contributed by atoms with Crippen LogP contribution in [-0.2, 0) is 0 Å². The van der Waals surface area contributed by atoms with Crippen LogP contribution in [0.3, 0.4) is 0 Å². The van der Waals surface area contributed by atoms with Gasteiger partial charge in [-0.3, -0.25) is 0 Å². The summed E-state index contributed by atoms with van der Waals surface area (Å²) in [4.78, 5) is 15.6. The first-order valence-electron chi connectivity index (χ1n) is 7.68. The Balaban J connectivity index is 2.23. The fourth-order valence-corrected chi connectivity index (χ4v) is 2.44. The second-order valence-electron chi connectivity index (χ2n) is 5.74. The summed E-state index contributed by atoms with van der Waals surface area (Å²) >= 11 is 0. The molecule has 3 N–H and O–H groups in total. The van der Waals surface area contributed by atoms with Gasteiger partial charge in [0.1, 0.15) is 0 Å². The van der Waals surface area contributed by atoms with Crippen molar-refractivity contribution in [3.63, 3.8) is 0 Å². The maximum atomic E-state index is 9.23. The minimum absolute atomic E-state index is 0.139. The number of nitrogens with zero attached hydrogens (tertiary/aromatic N) is 4. The molecule has 1 aromatic heterocycles. The summed E-state index contributed by atoms with van der Waals surface area (Å²) in [5.74, 6) is 1.85. The van der Waals surface area contributed by atoms with E-state index < -0.39 is 0 Å². The molecule has 0 radical (unpaired) electrons. The summed E-state index contributed by atoms with van der Waals surface area (Å²) < 4.78 is 0. The van der Waals surface area contributed by atoms with Crippen LogP contribution in [0.2, 0.25) is 0 Å². The predicted molar refractivity (Wildman–Crippen MR) is 84.8 cm³/mol. The van der Waals surface area contributed by atoms with E-state index in [4.69, 9.17) is 0 Å². The van der Waals surface area contributed by atoms with Crippen molar-refractivity contribution in [3.05, 3.63) is 0 Å². The molecule has 1 aliphatic rings. The molecule has 0 amide bonds. The molecule has 0 saturated carbocycles. The Hall–Kier alpha value is -1.63. The summed E-state index contributed by atoms with van der Waals surface area (Å²) in [6.07, 6.45) is 3.90. The fraction of sp³-hybridized carbons (Fsp3) is 0.786. The van der Waals surface area contributed by atoms with Crippen molar-refractivity contribution >= 4 is 17.8 Å². The first-order valence-corrected chi connectivity index (χ1v) is 7.68. The molecule has 1 atom stereocenters. The van der Waals surface area contributed by atoms with E-state index in [1.54, 1.807) is 7.05 Å². The molecule has 2 rings (SSSR count). The van der Waals surface area contributed by atoms with Gasteiger partial charge >= 0.3 is 0 Å². The zero-order valence-electron chi connectivity index (χ0n) is 13.2. The molecule has 0 aliphatic carbocycles. The highest BCUT2D eigenvalue weighted by molar-refractivity contribution is 5.45. The number of aliphatic hydroxyl groups excluding tert-OH is 1. The highest BCUT2D eigenvalue weighted by Crippen LogP contribution is 2.23. The normalized spacial score (nSPS) is 17.6. The highest BCUT2D eigenvalue weighted by atomic mass is 16.3. The molecule has 1 fully saturated rings. The van der Waals surface area contributed by atoms with Gasteiger partial charge in [0.25, 0.3) is 0 Å². The number of anilines is 3. The maximum absolute atomic E-state index is 9.23. The summed E-state index contributed by atoms with van der Waals surface area (Å²) in [5, 5.41) is 15.6. The quantitative estimate of drug-likeness (QED) is 0.702. The molecular formula is C14H26N6O. The Morgan fingerprint density at radius 1 is 1.19 bits per heavy atom. The molecule has 21 heavy (non-hydrogen) atoms. The summed E-state index contributed by atoms with van der Waals surface area (Å²) in [6, 6.07) is 0. The second-order valence-corrected chi connectivity index (χ2v) is 5.74. The maximum Gasteiger partial charge on any atom is 0.231 e. The Kier molecular flexibility index (Phi) is 5.17. The van der Waals surface area contributed by atoms with Gasteiger partial charge in [-0.1, -0.05) is 6.92 Å². The number of aliphatic hydroxyl groups is 1. The van der Waals surface area contributed by atoms with Gasteiger partial charge in [0, 0.05) is 32.3 Å². The van der Waals surface area contributed by atoms with E-state index in [1.807, 2.05) is 0 Å². The summed E-state index contributed by atoms with van der Waals surface area (Å²) in [7, 11) is 1.81. The third-order valence-electron chi connectivity index (χ3n) is 4.09. The number of aromatic nitrogens is 3. The lowest BCUT2D eigenvalue weighted by atomic mass is 9.95. The average molecular weight is 294 g/mol. The van der Waals surface area contributed by atoms with Crippen LogP contribution in [0.4, 0.5) is 17.8 Å². The van der Waals surface area contributed by atoms with Crippen LogP contribution in [0.15, 0.2) is 0 Å². The molecule has 0 bridgehead atoms. The molecule has 118 valence electrons. The first kappa shape index (κ1) is 15.8. The minimum Gasteiger partial charge on any atom is -0.396 e. The van der Waals surface area contributed by atoms with Crippen molar-refractivity contribution in [1.29, 1.82) is 0 Å². The molecule has 7 nitrogen and oxygen atoms in total. The van der Waals surface area contributed by atoms with E-state index in [9.17, 15) is 5.11 Å². The van der Waals surface area contributed by atoms with Gasteiger partial charge in [0.05, 0.1) is 0 Å². The van der Waals surface area contributed by atoms with Crippen LogP contribution in [0.5, 0.6) is 0 Å². The Morgan fingerprint density at radius 2 is 1.86 bits per heavy atom. The smallest absolute Gasteiger partial charge is 0.231 e. The van der Waals surface area contributed by atoms with Crippen molar-refractivity contribution in [2.75, 3.05) is 42.3 Å². The Labute approximate surface area is 126 Å². The van der Waals surface area contributed by atoms with Crippen LogP contribution in [-0.4, -0.2) is 52.3 Å². The molecule has 0 spiro atoms. The lowest BCUT2D eigenvalue weighted by molar-refractivity contribution is 0.251. The molecule has 1 aliphatic heterocycles. The van der Waals surface area contributed by atoms with Gasteiger partial charge in [-0.2, -0.15) is 15.0 Å². The van der Waals surface area contributed by atoms with Crippen molar-refractivity contribution in [2.24, 2.45) is 0 Å². The Bertz CT molecular complexity index is 463. The lowest BCUT2D eigenvalue weighted by Crippen LogP contribution is -2.36. The zero-order chi connectivity index (χ0) is 15.3. The molecule has 1 unspecified atom stereocenters. The van der Waals surface area contributed by atoms with E-state index in [2.05, 4.69) is 44.3 Å². The largest absolute Gasteiger partial charge is 0.396 e. The number of hydrogen-bond acceptors (Lipinski definition) is 7. The van der Waals surface area contributed by atoms with Crippen LogP contribution in [0.25, 0.3) is 0 Å². The number of rotatable bonds is 7. The third kappa shape index (κ3) is 3.93. The Morgan fingerprint density at radius 3 is 2.43 bits per heavy atom. The van der Waals surface area contributed by atoms with Crippen LogP contribution in [0, 0.1) is 0 Å². The van der Waals surface area contributed by atoms with Gasteiger partial charge in [0.2, 0.25) is 17.8 Å². The van der Waals surface area contributed by atoms with E-state index >= 15 is 0 Å². The SMILES string of the molecule is CCC(C)(CCO)Nc1nc(NC)nc(N2CCCC2)n1. The van der Waals surface area contributed by atoms with Crippen LogP contribution >= 0.6 is 0 Å². The first-order chi connectivity index (χ1) is 10.1. The van der Waals surface area contributed by atoms with Crippen LogP contribution < -0.4 is 15.5 Å². The van der Waals surface area contributed by atoms with Crippen LogP contribution in [0.1, 0.15) is 39.5 Å². The molecule has 1 aromatic rings. The van der Waals surface area contributed by atoms with E-state index in [0.29, 0.717) is 18.3 Å². The monoisotopic (exact) mass is 294 g/mol. The topological polar surface area (TPSA) is 86.2 Å². The predicted octanol–water partition coefficient (Wildman–Crippen LogP) is 1.48. The lowest BCUT2D eigenvalue weighted by Gasteiger charge is -2.29. The van der Waals surface area contributed by atoms with Gasteiger partial charge < -0.3 is 20.6 Å². The number of nitrogens with one attached hydrogen (secondary N) is 2. The molecular weight excluding hydrogens is 268 g/mol. The molecule has 1 saturated heterocycles. The second kappa shape index (κ2) is 6.89. The van der Waals surface area contributed by atoms with E-state index in [-0.39, 0.29) is 12.1 Å². The van der Waals surface area contributed by atoms with E-state index in [1.165, 1.54) is 12.8 Å². The summed E-state index contributed by atoms with van der Waals surface area (Å²) in [6.45, 7) is 6.29. The molecule has 0 aromatic carbocycles. The minimum atomic E-state index is -0.219. The van der Waals surface area contributed by atoms with Gasteiger partial charge in [-0.05, 0) is 32.6 Å². The summed E-state index contributed by atoms with van der Waals surface area (Å²) in [5.41, 5.74) is -0.219. The van der Waals surface area contributed by atoms with E-state index in [0.717, 1.165) is 25.5 Å². The van der Waals surface area contributed by atoms with Crippen molar-refractivity contribution < 1.29 is 5.11 Å². The van der Waals surface area contributed by atoms with Crippen molar-refractivity contribution in [3.8, 4) is 0 Å². The zero-order valence-corrected chi connectivity index (χ0v) is 13.2. The highest BCUT2D eigenvalue weighted by Gasteiger charge is 2.24. The molecule has 2 heterocycles. The van der Waals surface area contributed by atoms with Gasteiger partial charge in [-0.15, -0.1) is 0 Å².